The van der Waals surface area contributed by atoms with Crippen molar-refractivity contribution in [3.63, 3.8) is 0 Å². The lowest BCUT2D eigenvalue weighted by atomic mass is 10.1. The number of primary amides is 2. The minimum Gasteiger partial charge on any atom is -0.368 e. The van der Waals surface area contributed by atoms with Crippen LogP contribution in [0, 0.1) is 6.92 Å². The van der Waals surface area contributed by atoms with E-state index in [4.69, 9.17) is 17.2 Å². The van der Waals surface area contributed by atoms with Crippen molar-refractivity contribution in [3.8, 4) is 0 Å². The van der Waals surface area contributed by atoms with E-state index in [1.54, 1.807) is 0 Å². The Morgan fingerprint density at radius 2 is 1.72 bits per heavy atom. The second-order valence-electron chi connectivity index (χ2n) is 4.12. The fraction of sp³-hybridized carbons (Fsp3) is 0.333. The van der Waals surface area contributed by atoms with Crippen LogP contribution in [0.4, 0.5) is 5.69 Å². The van der Waals surface area contributed by atoms with Crippen LogP contribution < -0.4 is 22.1 Å². The van der Waals surface area contributed by atoms with Crippen LogP contribution in [0.1, 0.15) is 11.1 Å². The second kappa shape index (κ2) is 6.02. The van der Waals surface area contributed by atoms with E-state index in [0.717, 1.165) is 11.1 Å². The lowest BCUT2D eigenvalue weighted by molar-refractivity contribution is -0.117. The number of nitrogens with zero attached hydrogens (tertiary/aromatic N) is 1. The molecule has 6 N–H and O–H groups in total. The van der Waals surface area contributed by atoms with Gasteiger partial charge in [-0.25, -0.2) is 0 Å². The lowest BCUT2D eigenvalue weighted by Crippen LogP contribution is -2.40. The molecule has 6 nitrogen and oxygen atoms in total. The van der Waals surface area contributed by atoms with Gasteiger partial charge in [-0.15, -0.1) is 0 Å². The molecular formula is C12H18N4O2. The SMILES string of the molecule is Cc1ccc(N(CC(N)=O)CC(N)=O)c(CN)c1. The number of hydrogen-bond donors (Lipinski definition) is 3. The summed E-state index contributed by atoms with van der Waals surface area (Å²) < 4.78 is 0. The summed E-state index contributed by atoms with van der Waals surface area (Å²) in [5.41, 5.74) is 18.6. The summed E-state index contributed by atoms with van der Waals surface area (Å²) in [6, 6.07) is 5.59. The van der Waals surface area contributed by atoms with E-state index < -0.39 is 11.8 Å². The molecule has 6 heteroatoms. The maximum atomic E-state index is 11.0. The molecule has 1 rings (SSSR count). The Hall–Kier alpha value is -2.08. The molecule has 1 aromatic carbocycles. The van der Waals surface area contributed by atoms with Crippen LogP contribution in [-0.4, -0.2) is 24.9 Å². The normalized spacial score (nSPS) is 10.1. The van der Waals surface area contributed by atoms with Crippen LogP contribution in [-0.2, 0) is 16.1 Å². The number of rotatable bonds is 6. The highest BCUT2D eigenvalue weighted by Gasteiger charge is 2.15. The van der Waals surface area contributed by atoms with Crippen molar-refractivity contribution in [2.45, 2.75) is 13.5 Å². The monoisotopic (exact) mass is 250 g/mol. The van der Waals surface area contributed by atoms with Gasteiger partial charge in [0, 0.05) is 12.2 Å². The van der Waals surface area contributed by atoms with Gasteiger partial charge in [0.2, 0.25) is 11.8 Å². The highest BCUT2D eigenvalue weighted by atomic mass is 16.2. The van der Waals surface area contributed by atoms with Crippen molar-refractivity contribution in [1.29, 1.82) is 0 Å². The molecule has 0 fully saturated rings. The first-order valence-corrected chi connectivity index (χ1v) is 5.55. The number of aryl methyl sites for hydroxylation is 1. The van der Waals surface area contributed by atoms with Crippen molar-refractivity contribution in [2.75, 3.05) is 18.0 Å². The van der Waals surface area contributed by atoms with Crippen LogP contribution in [0.15, 0.2) is 18.2 Å². The molecule has 0 saturated heterocycles. The number of benzene rings is 1. The Kier molecular flexibility index (Phi) is 4.67. The van der Waals surface area contributed by atoms with Gasteiger partial charge in [-0.2, -0.15) is 0 Å². The molecular weight excluding hydrogens is 232 g/mol. The number of hydrogen-bond acceptors (Lipinski definition) is 4. The van der Waals surface area contributed by atoms with E-state index in [2.05, 4.69) is 0 Å². The predicted octanol–water partition coefficient (Wildman–Crippen LogP) is -0.769. The van der Waals surface area contributed by atoms with E-state index in [9.17, 15) is 9.59 Å². The molecule has 18 heavy (non-hydrogen) atoms. The van der Waals surface area contributed by atoms with Crippen molar-refractivity contribution in [2.24, 2.45) is 17.2 Å². The zero-order chi connectivity index (χ0) is 13.7. The maximum Gasteiger partial charge on any atom is 0.236 e. The second-order valence-corrected chi connectivity index (χ2v) is 4.12. The summed E-state index contributed by atoms with van der Waals surface area (Å²) in [6.07, 6.45) is 0. The van der Waals surface area contributed by atoms with E-state index in [0.29, 0.717) is 12.2 Å². The van der Waals surface area contributed by atoms with Gasteiger partial charge in [0.1, 0.15) is 0 Å². The number of carbonyl (C=O) groups is 2. The number of carbonyl (C=O) groups excluding carboxylic acids is 2. The Balaban J connectivity index is 3.10. The summed E-state index contributed by atoms with van der Waals surface area (Å²) in [6.45, 7) is 2.11. The van der Waals surface area contributed by atoms with Gasteiger partial charge in [0.15, 0.2) is 0 Å². The standard InChI is InChI=1S/C12H18N4O2/c1-8-2-3-10(9(4-8)5-13)16(6-11(14)17)7-12(15)18/h2-4H,5-7,13H2,1H3,(H2,14,17)(H2,15,18). The highest BCUT2D eigenvalue weighted by molar-refractivity contribution is 5.85. The Bertz CT molecular complexity index is 443. The largest absolute Gasteiger partial charge is 0.368 e. The molecule has 0 spiro atoms. The van der Waals surface area contributed by atoms with E-state index >= 15 is 0 Å². The minimum atomic E-state index is -0.528. The molecule has 0 unspecified atom stereocenters. The molecule has 2 amide bonds. The first-order chi connectivity index (χ1) is 8.43. The Morgan fingerprint density at radius 3 is 2.17 bits per heavy atom. The van der Waals surface area contributed by atoms with E-state index in [-0.39, 0.29) is 13.1 Å². The molecule has 0 radical (unpaired) electrons. The van der Waals surface area contributed by atoms with Crippen LogP contribution >= 0.6 is 0 Å². The summed E-state index contributed by atoms with van der Waals surface area (Å²) in [4.78, 5) is 23.6. The summed E-state index contributed by atoms with van der Waals surface area (Å²) in [7, 11) is 0. The molecule has 0 aromatic heterocycles. The van der Waals surface area contributed by atoms with Crippen LogP contribution in [0.5, 0.6) is 0 Å². The van der Waals surface area contributed by atoms with Crippen molar-refractivity contribution < 1.29 is 9.59 Å². The molecule has 0 bridgehead atoms. The summed E-state index contributed by atoms with van der Waals surface area (Å²) in [5, 5.41) is 0. The zero-order valence-electron chi connectivity index (χ0n) is 10.3. The molecule has 0 atom stereocenters. The van der Waals surface area contributed by atoms with Crippen LogP contribution in [0.3, 0.4) is 0 Å². The minimum absolute atomic E-state index is 0.0704. The summed E-state index contributed by atoms with van der Waals surface area (Å²) in [5.74, 6) is -1.06. The van der Waals surface area contributed by atoms with Gasteiger partial charge in [0.05, 0.1) is 13.1 Å². The smallest absolute Gasteiger partial charge is 0.236 e. The molecule has 1 aromatic rings. The quantitative estimate of drug-likeness (QED) is 0.614. The van der Waals surface area contributed by atoms with Gasteiger partial charge in [-0.05, 0) is 18.6 Å². The Labute approximate surface area is 106 Å². The highest BCUT2D eigenvalue weighted by Crippen LogP contribution is 2.21. The third kappa shape index (κ3) is 3.74. The third-order valence-corrected chi connectivity index (χ3v) is 2.49. The number of amides is 2. The van der Waals surface area contributed by atoms with Gasteiger partial charge < -0.3 is 22.1 Å². The molecule has 98 valence electrons. The average Bonchev–Trinajstić information content (AvgIpc) is 2.26. The third-order valence-electron chi connectivity index (χ3n) is 2.49. The average molecular weight is 250 g/mol. The lowest BCUT2D eigenvalue weighted by Gasteiger charge is -2.24. The molecule has 0 heterocycles. The van der Waals surface area contributed by atoms with Crippen LogP contribution in [0.25, 0.3) is 0 Å². The Morgan fingerprint density at radius 1 is 1.17 bits per heavy atom. The van der Waals surface area contributed by atoms with Gasteiger partial charge in [-0.3, -0.25) is 9.59 Å². The number of anilines is 1. The molecule has 0 aliphatic carbocycles. The fourth-order valence-corrected chi connectivity index (χ4v) is 1.79. The maximum absolute atomic E-state index is 11.0. The molecule has 0 aliphatic rings. The van der Waals surface area contributed by atoms with Crippen molar-refractivity contribution >= 4 is 17.5 Å². The zero-order valence-corrected chi connectivity index (χ0v) is 10.3. The first kappa shape index (κ1) is 14.0. The van der Waals surface area contributed by atoms with Gasteiger partial charge in [0.25, 0.3) is 0 Å². The fourth-order valence-electron chi connectivity index (χ4n) is 1.79. The first-order valence-electron chi connectivity index (χ1n) is 5.55. The topological polar surface area (TPSA) is 115 Å². The van der Waals surface area contributed by atoms with Crippen molar-refractivity contribution in [1.82, 2.24) is 0 Å². The molecule has 0 aliphatic heterocycles. The molecule has 0 saturated carbocycles. The van der Waals surface area contributed by atoms with E-state index in [1.807, 2.05) is 25.1 Å². The van der Waals surface area contributed by atoms with Crippen molar-refractivity contribution in [3.05, 3.63) is 29.3 Å². The summed E-state index contributed by atoms with van der Waals surface area (Å²) >= 11 is 0. The predicted molar refractivity (Wildman–Crippen MR) is 69.7 cm³/mol. The van der Waals surface area contributed by atoms with Gasteiger partial charge >= 0.3 is 0 Å². The van der Waals surface area contributed by atoms with Crippen LogP contribution in [0.2, 0.25) is 0 Å². The number of nitrogens with two attached hydrogens (primary N) is 3. The van der Waals surface area contributed by atoms with E-state index in [1.165, 1.54) is 4.90 Å². The van der Waals surface area contributed by atoms with Gasteiger partial charge in [-0.1, -0.05) is 17.7 Å².